The third-order valence-corrected chi connectivity index (χ3v) is 5.41. The molecule has 8 heteroatoms. The third-order valence-electron chi connectivity index (χ3n) is 5.41. The molecule has 2 heterocycles. The fraction of sp³-hybridized carbons (Fsp3) is 0.261. The van der Waals surface area contributed by atoms with Crippen LogP contribution in [-0.2, 0) is 16.1 Å². The van der Waals surface area contributed by atoms with E-state index < -0.39 is 17.9 Å². The van der Waals surface area contributed by atoms with Crippen LogP contribution in [0.4, 0.5) is 0 Å². The van der Waals surface area contributed by atoms with Crippen molar-refractivity contribution in [2.75, 3.05) is 0 Å². The van der Waals surface area contributed by atoms with Gasteiger partial charge in [0.25, 0.3) is 23.6 Å². The van der Waals surface area contributed by atoms with Crippen LogP contribution in [0, 0.1) is 0 Å². The first-order valence-electron chi connectivity index (χ1n) is 9.99. The summed E-state index contributed by atoms with van der Waals surface area (Å²) >= 11 is 0. The molecule has 0 aliphatic carbocycles. The van der Waals surface area contributed by atoms with Crippen LogP contribution in [0.1, 0.15) is 56.9 Å². The molecule has 1 atom stereocenters. The van der Waals surface area contributed by atoms with Gasteiger partial charge in [-0.15, -0.1) is 0 Å². The molecule has 2 aromatic rings. The Balaban J connectivity index is 1.48. The molecule has 0 radical (unpaired) electrons. The predicted molar refractivity (Wildman–Crippen MR) is 110 cm³/mol. The van der Waals surface area contributed by atoms with Crippen LogP contribution in [0.2, 0.25) is 0 Å². The van der Waals surface area contributed by atoms with E-state index in [9.17, 15) is 24.0 Å². The predicted octanol–water partition coefficient (Wildman–Crippen LogP) is 1.75. The molecular formula is C23H21N3O5. The largest absolute Gasteiger partial charge is 0.340 e. The van der Waals surface area contributed by atoms with Gasteiger partial charge in [0.15, 0.2) is 0 Å². The van der Waals surface area contributed by atoms with Gasteiger partial charge in [0, 0.05) is 11.6 Å². The van der Waals surface area contributed by atoms with Crippen molar-refractivity contribution in [1.29, 1.82) is 0 Å². The van der Waals surface area contributed by atoms with Gasteiger partial charge in [-0.1, -0.05) is 24.3 Å². The van der Waals surface area contributed by atoms with Crippen LogP contribution in [-0.4, -0.2) is 51.4 Å². The minimum atomic E-state index is -0.901. The number of rotatable bonds is 5. The van der Waals surface area contributed by atoms with Crippen LogP contribution in [0.3, 0.4) is 0 Å². The summed E-state index contributed by atoms with van der Waals surface area (Å²) in [4.78, 5) is 64.6. The minimum absolute atomic E-state index is 0.0233. The lowest BCUT2D eigenvalue weighted by Crippen LogP contribution is -2.43. The fourth-order valence-corrected chi connectivity index (χ4v) is 3.92. The molecule has 0 saturated carbocycles. The first kappa shape index (κ1) is 20.5. The van der Waals surface area contributed by atoms with Crippen LogP contribution >= 0.6 is 0 Å². The molecule has 158 valence electrons. The van der Waals surface area contributed by atoms with Crippen LogP contribution in [0.25, 0.3) is 0 Å². The number of amides is 5. The number of benzene rings is 2. The van der Waals surface area contributed by atoms with Crippen molar-refractivity contribution < 1.29 is 24.0 Å². The van der Waals surface area contributed by atoms with Gasteiger partial charge in [-0.2, -0.15) is 0 Å². The molecule has 1 fully saturated rings. The van der Waals surface area contributed by atoms with Gasteiger partial charge in [-0.25, -0.2) is 0 Å². The number of carbonyl (C=O) groups is 5. The SMILES string of the molecule is CC(C)N1C(=O)CC(NC(=O)c2cccc(CN3C(=O)c4ccccc4C3=O)c2)C1=O. The Morgan fingerprint density at radius 2 is 1.65 bits per heavy atom. The lowest BCUT2D eigenvalue weighted by atomic mass is 10.1. The summed E-state index contributed by atoms with van der Waals surface area (Å²) in [5.74, 6) is -1.99. The van der Waals surface area contributed by atoms with E-state index >= 15 is 0 Å². The molecule has 2 aromatic carbocycles. The van der Waals surface area contributed by atoms with Crippen molar-refractivity contribution >= 4 is 29.5 Å². The standard InChI is InChI=1S/C23H21N3O5/c1-13(2)26-19(27)11-18(23(26)31)24-20(28)15-7-5-6-14(10-15)12-25-21(29)16-8-3-4-9-17(16)22(25)30/h3-10,13,18H,11-12H2,1-2H3,(H,24,28). The zero-order chi connectivity index (χ0) is 22.3. The smallest absolute Gasteiger partial charge is 0.261 e. The van der Waals surface area contributed by atoms with Gasteiger partial charge in [0.05, 0.1) is 24.1 Å². The van der Waals surface area contributed by atoms with E-state index in [1.54, 1.807) is 62.4 Å². The highest BCUT2D eigenvalue weighted by Crippen LogP contribution is 2.24. The van der Waals surface area contributed by atoms with Crippen molar-refractivity contribution in [3.05, 3.63) is 70.8 Å². The number of fused-ring (bicyclic) bond motifs is 1. The third kappa shape index (κ3) is 3.61. The van der Waals surface area contributed by atoms with Crippen LogP contribution in [0.5, 0.6) is 0 Å². The zero-order valence-electron chi connectivity index (χ0n) is 17.1. The minimum Gasteiger partial charge on any atom is -0.340 e. The number of hydrogen-bond acceptors (Lipinski definition) is 5. The van der Waals surface area contributed by atoms with Crippen molar-refractivity contribution in [3.8, 4) is 0 Å². The Morgan fingerprint density at radius 3 is 2.23 bits per heavy atom. The highest BCUT2D eigenvalue weighted by atomic mass is 16.2. The molecule has 4 rings (SSSR count). The normalized spacial score (nSPS) is 18.2. The van der Waals surface area contributed by atoms with Gasteiger partial charge in [-0.3, -0.25) is 33.8 Å². The van der Waals surface area contributed by atoms with E-state index in [0.29, 0.717) is 16.7 Å². The van der Waals surface area contributed by atoms with Gasteiger partial charge < -0.3 is 5.32 Å². The Labute approximate surface area is 178 Å². The molecule has 1 saturated heterocycles. The van der Waals surface area contributed by atoms with Crippen molar-refractivity contribution in [1.82, 2.24) is 15.1 Å². The summed E-state index contributed by atoms with van der Waals surface area (Å²) in [5, 5.41) is 2.61. The number of nitrogens with one attached hydrogen (secondary N) is 1. The van der Waals surface area contributed by atoms with E-state index in [1.165, 1.54) is 0 Å². The lowest BCUT2D eigenvalue weighted by molar-refractivity contribution is -0.140. The molecule has 2 aliphatic heterocycles. The topological polar surface area (TPSA) is 104 Å². The van der Waals surface area contributed by atoms with Crippen molar-refractivity contribution in [2.45, 2.75) is 38.9 Å². The van der Waals surface area contributed by atoms with Gasteiger partial charge in [-0.05, 0) is 43.7 Å². The average Bonchev–Trinajstić information content (AvgIpc) is 3.16. The van der Waals surface area contributed by atoms with Crippen molar-refractivity contribution in [3.63, 3.8) is 0 Å². The quantitative estimate of drug-likeness (QED) is 0.744. The lowest BCUT2D eigenvalue weighted by Gasteiger charge is -2.19. The van der Waals surface area contributed by atoms with Gasteiger partial charge in [0.2, 0.25) is 5.91 Å². The first-order valence-corrected chi connectivity index (χ1v) is 9.99. The molecule has 0 bridgehead atoms. The molecule has 2 aliphatic rings. The van der Waals surface area contributed by atoms with E-state index in [1.807, 2.05) is 0 Å². The Hall–Kier alpha value is -3.81. The molecule has 0 spiro atoms. The molecule has 8 nitrogen and oxygen atoms in total. The summed E-state index contributed by atoms with van der Waals surface area (Å²) < 4.78 is 0. The van der Waals surface area contributed by atoms with E-state index in [4.69, 9.17) is 0 Å². The molecule has 1 N–H and O–H groups in total. The summed E-state index contributed by atoms with van der Waals surface area (Å²) in [5.41, 5.74) is 1.60. The van der Waals surface area contributed by atoms with E-state index in [2.05, 4.69) is 5.32 Å². The highest BCUT2D eigenvalue weighted by Gasteiger charge is 2.41. The summed E-state index contributed by atoms with van der Waals surface area (Å²) in [7, 11) is 0. The second-order valence-corrected chi connectivity index (χ2v) is 7.87. The van der Waals surface area contributed by atoms with Crippen LogP contribution in [0.15, 0.2) is 48.5 Å². The zero-order valence-corrected chi connectivity index (χ0v) is 17.1. The monoisotopic (exact) mass is 419 g/mol. The number of imide groups is 2. The molecule has 1 unspecified atom stereocenters. The number of carbonyl (C=O) groups excluding carboxylic acids is 5. The van der Waals surface area contributed by atoms with Crippen LogP contribution < -0.4 is 5.32 Å². The number of nitrogens with zero attached hydrogens (tertiary/aromatic N) is 2. The van der Waals surface area contributed by atoms with E-state index in [-0.39, 0.29) is 42.3 Å². The van der Waals surface area contributed by atoms with E-state index in [0.717, 1.165) is 9.80 Å². The number of likely N-dealkylation sites (tertiary alicyclic amines) is 1. The summed E-state index contributed by atoms with van der Waals surface area (Å²) in [6.45, 7) is 3.50. The maximum absolute atomic E-state index is 12.7. The second-order valence-electron chi connectivity index (χ2n) is 7.87. The second kappa shape index (κ2) is 7.79. The van der Waals surface area contributed by atoms with Gasteiger partial charge >= 0.3 is 0 Å². The average molecular weight is 419 g/mol. The maximum atomic E-state index is 12.7. The maximum Gasteiger partial charge on any atom is 0.261 e. The fourth-order valence-electron chi connectivity index (χ4n) is 3.92. The molecule has 31 heavy (non-hydrogen) atoms. The highest BCUT2D eigenvalue weighted by molar-refractivity contribution is 6.21. The molecule has 5 amide bonds. The Bertz CT molecular complexity index is 1090. The van der Waals surface area contributed by atoms with Gasteiger partial charge in [0.1, 0.15) is 6.04 Å². The Morgan fingerprint density at radius 1 is 1.00 bits per heavy atom. The Kier molecular flexibility index (Phi) is 5.14. The summed E-state index contributed by atoms with van der Waals surface area (Å²) in [6, 6.07) is 12.0. The summed E-state index contributed by atoms with van der Waals surface area (Å²) in [6.07, 6.45) is -0.0719. The number of hydrogen-bond donors (Lipinski definition) is 1. The first-order chi connectivity index (χ1) is 14.8. The molecule has 0 aromatic heterocycles. The molecular weight excluding hydrogens is 398 g/mol. The van der Waals surface area contributed by atoms with Crippen molar-refractivity contribution in [2.24, 2.45) is 0 Å².